The van der Waals surface area contributed by atoms with Crippen LogP contribution in [-0.4, -0.2) is 16.7 Å². The summed E-state index contributed by atoms with van der Waals surface area (Å²) in [7, 11) is 0. The number of benzene rings is 2. The molecule has 24 heavy (non-hydrogen) atoms. The Bertz CT molecular complexity index is 734. The van der Waals surface area contributed by atoms with Crippen molar-refractivity contribution in [1.29, 1.82) is 0 Å². The summed E-state index contributed by atoms with van der Waals surface area (Å²) in [4.78, 5) is 0. The molecule has 1 aliphatic carbocycles. The lowest BCUT2D eigenvalue weighted by molar-refractivity contribution is 0.0254. The van der Waals surface area contributed by atoms with Gasteiger partial charge in [-0.05, 0) is 37.0 Å². The topological polar surface area (TPSA) is 32.3 Å². The third-order valence-electron chi connectivity index (χ3n) is 4.56. The van der Waals surface area contributed by atoms with Gasteiger partial charge in [0.15, 0.2) is 0 Å². The van der Waals surface area contributed by atoms with Crippen LogP contribution in [0.2, 0.25) is 0 Å². The van der Waals surface area contributed by atoms with Gasteiger partial charge >= 0.3 is 0 Å². The highest BCUT2D eigenvalue weighted by Gasteiger charge is 2.37. The lowest BCUT2D eigenvalue weighted by atomic mass is 9.80. The van der Waals surface area contributed by atoms with E-state index in [9.17, 15) is 9.50 Å². The normalized spacial score (nSPS) is 23.3. The third-order valence-corrected chi connectivity index (χ3v) is 4.56. The quantitative estimate of drug-likeness (QED) is 0.845. The Hall–Kier alpha value is -2.15. The van der Waals surface area contributed by atoms with Crippen molar-refractivity contribution in [2.75, 3.05) is 0 Å². The molecule has 1 saturated carbocycles. The number of hydrogen-bond acceptors (Lipinski definition) is 2. The summed E-state index contributed by atoms with van der Waals surface area (Å²) in [5.41, 5.74) is 0.390. The maximum Gasteiger partial charge on any atom is 0.141 e. The molecule has 2 aromatic rings. The van der Waals surface area contributed by atoms with E-state index in [1.165, 1.54) is 11.6 Å². The van der Waals surface area contributed by atoms with Gasteiger partial charge in [-0.25, -0.2) is 4.39 Å². The van der Waals surface area contributed by atoms with Gasteiger partial charge in [-0.3, -0.25) is 0 Å². The summed E-state index contributed by atoms with van der Waals surface area (Å²) >= 11 is 0. The molecule has 2 N–H and O–H groups in total. The van der Waals surface area contributed by atoms with Crippen LogP contribution in [0.15, 0.2) is 54.6 Å². The van der Waals surface area contributed by atoms with Gasteiger partial charge < -0.3 is 10.4 Å². The van der Waals surface area contributed by atoms with E-state index in [-0.39, 0.29) is 11.9 Å². The van der Waals surface area contributed by atoms with Gasteiger partial charge in [0.2, 0.25) is 0 Å². The first-order chi connectivity index (χ1) is 11.7. The predicted octanol–water partition coefficient (Wildman–Crippen LogP) is 3.64. The Balaban J connectivity index is 1.74. The average molecular weight is 323 g/mol. The van der Waals surface area contributed by atoms with Crippen LogP contribution in [0.25, 0.3) is 0 Å². The van der Waals surface area contributed by atoms with E-state index in [1.54, 1.807) is 18.2 Å². The van der Waals surface area contributed by atoms with E-state index in [0.29, 0.717) is 18.5 Å². The van der Waals surface area contributed by atoms with Crippen LogP contribution in [0.3, 0.4) is 0 Å². The Morgan fingerprint density at radius 1 is 1.08 bits per heavy atom. The second-order valence-electron chi connectivity index (χ2n) is 6.32. The van der Waals surface area contributed by atoms with Gasteiger partial charge in [0.25, 0.3) is 0 Å². The van der Waals surface area contributed by atoms with Crippen molar-refractivity contribution in [3.63, 3.8) is 0 Å². The highest BCUT2D eigenvalue weighted by atomic mass is 19.1. The van der Waals surface area contributed by atoms with E-state index in [4.69, 9.17) is 0 Å². The van der Waals surface area contributed by atoms with Gasteiger partial charge in [-0.1, -0.05) is 60.7 Å². The fraction of sp³-hybridized carbons (Fsp3) is 0.333. The molecule has 2 nitrogen and oxygen atoms in total. The van der Waals surface area contributed by atoms with Crippen LogP contribution in [0, 0.1) is 17.7 Å². The average Bonchev–Trinajstić information content (AvgIpc) is 2.61. The predicted molar refractivity (Wildman–Crippen MR) is 93.8 cm³/mol. The Kier molecular flexibility index (Phi) is 5.30. The summed E-state index contributed by atoms with van der Waals surface area (Å²) in [5, 5.41) is 14.4. The molecule has 3 heteroatoms. The van der Waals surface area contributed by atoms with E-state index in [1.807, 2.05) is 18.2 Å². The van der Waals surface area contributed by atoms with E-state index >= 15 is 0 Å². The molecule has 1 aliphatic rings. The summed E-state index contributed by atoms with van der Waals surface area (Å²) in [6.45, 7) is 0.690. The summed E-state index contributed by atoms with van der Waals surface area (Å²) < 4.78 is 13.7. The maximum atomic E-state index is 13.7. The van der Waals surface area contributed by atoms with Crippen LogP contribution in [0.4, 0.5) is 4.39 Å². The minimum atomic E-state index is -1.12. The minimum absolute atomic E-state index is 0.106. The summed E-state index contributed by atoms with van der Waals surface area (Å²) in [5.74, 6) is 5.43. The molecule has 2 aromatic carbocycles. The van der Waals surface area contributed by atoms with Gasteiger partial charge in [-0.2, -0.15) is 0 Å². The van der Waals surface area contributed by atoms with Crippen molar-refractivity contribution in [3.8, 4) is 11.8 Å². The van der Waals surface area contributed by atoms with E-state index < -0.39 is 5.60 Å². The van der Waals surface area contributed by atoms with Gasteiger partial charge in [0.05, 0.1) is 5.56 Å². The Morgan fingerprint density at radius 3 is 2.62 bits per heavy atom. The van der Waals surface area contributed by atoms with Crippen LogP contribution < -0.4 is 5.32 Å². The Labute approximate surface area is 142 Å². The zero-order valence-electron chi connectivity index (χ0n) is 13.6. The summed E-state index contributed by atoms with van der Waals surface area (Å²) in [6.07, 6.45) is 3.48. The molecule has 0 bridgehead atoms. The van der Waals surface area contributed by atoms with Crippen molar-refractivity contribution in [2.24, 2.45) is 0 Å². The van der Waals surface area contributed by atoms with Crippen molar-refractivity contribution in [2.45, 2.75) is 43.9 Å². The fourth-order valence-electron chi connectivity index (χ4n) is 3.15. The Morgan fingerprint density at radius 2 is 1.83 bits per heavy atom. The maximum absolute atomic E-state index is 13.7. The minimum Gasteiger partial charge on any atom is -0.376 e. The first kappa shape index (κ1) is 16.7. The van der Waals surface area contributed by atoms with E-state index in [2.05, 4.69) is 29.3 Å². The molecule has 0 radical (unpaired) electrons. The van der Waals surface area contributed by atoms with Crippen molar-refractivity contribution < 1.29 is 9.50 Å². The largest absolute Gasteiger partial charge is 0.376 e. The SMILES string of the molecule is O[C@@]1(C#Cc2ccccc2F)CCCC[C@@H]1NCc1ccccc1. The fourth-order valence-corrected chi connectivity index (χ4v) is 3.15. The molecular weight excluding hydrogens is 301 g/mol. The van der Waals surface area contributed by atoms with Crippen LogP contribution in [-0.2, 0) is 6.54 Å². The first-order valence-electron chi connectivity index (χ1n) is 8.45. The summed E-state index contributed by atoms with van der Waals surface area (Å²) in [6, 6.07) is 16.4. The van der Waals surface area contributed by atoms with Gasteiger partial charge in [-0.15, -0.1) is 0 Å². The molecule has 124 valence electrons. The lowest BCUT2D eigenvalue weighted by Gasteiger charge is -2.36. The third kappa shape index (κ3) is 4.03. The zero-order chi connectivity index (χ0) is 16.8. The highest BCUT2D eigenvalue weighted by Crippen LogP contribution is 2.28. The molecule has 0 saturated heterocycles. The van der Waals surface area contributed by atoms with Crippen molar-refractivity contribution in [1.82, 2.24) is 5.32 Å². The molecule has 0 aromatic heterocycles. The molecule has 0 heterocycles. The second-order valence-corrected chi connectivity index (χ2v) is 6.32. The molecule has 0 unspecified atom stereocenters. The standard InChI is InChI=1S/C21H22FNO/c22-19-11-5-4-10-18(19)13-15-21(24)14-7-6-12-20(21)23-16-17-8-2-1-3-9-17/h1-5,8-11,20,23-24H,6-7,12,14,16H2/t20-,21+/m0/s1. The number of aliphatic hydroxyl groups is 1. The number of halogens is 1. The highest BCUT2D eigenvalue weighted by molar-refractivity contribution is 5.38. The molecule has 0 spiro atoms. The number of nitrogens with one attached hydrogen (secondary N) is 1. The second kappa shape index (κ2) is 7.61. The molecule has 3 rings (SSSR count). The van der Waals surface area contributed by atoms with Gasteiger partial charge in [0, 0.05) is 12.6 Å². The number of hydrogen-bond donors (Lipinski definition) is 2. The first-order valence-corrected chi connectivity index (χ1v) is 8.45. The van der Waals surface area contributed by atoms with Crippen LogP contribution in [0.1, 0.15) is 36.8 Å². The van der Waals surface area contributed by atoms with Gasteiger partial charge in [0.1, 0.15) is 11.4 Å². The van der Waals surface area contributed by atoms with Crippen LogP contribution in [0.5, 0.6) is 0 Å². The van der Waals surface area contributed by atoms with E-state index in [0.717, 1.165) is 19.3 Å². The van der Waals surface area contributed by atoms with Crippen molar-refractivity contribution >= 4 is 0 Å². The van der Waals surface area contributed by atoms with Crippen LogP contribution >= 0.6 is 0 Å². The lowest BCUT2D eigenvalue weighted by Crippen LogP contribution is -2.51. The molecule has 0 amide bonds. The number of rotatable bonds is 3. The smallest absolute Gasteiger partial charge is 0.141 e. The zero-order valence-corrected chi connectivity index (χ0v) is 13.6. The molecule has 1 fully saturated rings. The molecule has 0 aliphatic heterocycles. The monoisotopic (exact) mass is 323 g/mol. The molecule has 2 atom stereocenters. The van der Waals surface area contributed by atoms with Crippen molar-refractivity contribution in [3.05, 3.63) is 71.5 Å². The molecular formula is C21H22FNO.